The summed E-state index contributed by atoms with van der Waals surface area (Å²) in [5.74, 6) is 1.26. The molecule has 0 radical (unpaired) electrons. The Kier molecular flexibility index (Phi) is 9.10. The number of guanidine groups is 1. The molecular formula is C21H30N4O4S. The van der Waals surface area contributed by atoms with Crippen LogP contribution in [0.1, 0.15) is 12.0 Å². The highest BCUT2D eigenvalue weighted by molar-refractivity contribution is 7.89. The van der Waals surface area contributed by atoms with Crippen LogP contribution in [0.15, 0.2) is 58.4 Å². The fourth-order valence-electron chi connectivity index (χ4n) is 2.65. The minimum atomic E-state index is -3.53. The number of hydrogen-bond donors (Lipinski definition) is 2. The largest absolute Gasteiger partial charge is 0.493 e. The van der Waals surface area contributed by atoms with E-state index in [2.05, 4.69) is 15.6 Å². The predicted molar refractivity (Wildman–Crippen MR) is 120 cm³/mol. The molecule has 0 saturated heterocycles. The van der Waals surface area contributed by atoms with Gasteiger partial charge in [0, 0.05) is 59.6 Å². The summed E-state index contributed by atoms with van der Waals surface area (Å²) in [6.07, 6.45) is 0.812. The predicted octanol–water partition coefficient (Wildman–Crippen LogP) is 2.54. The lowest BCUT2D eigenvalue weighted by Gasteiger charge is -2.17. The zero-order chi connectivity index (χ0) is 22.0. The number of aliphatic imine (C=N–C) groups is 1. The van der Waals surface area contributed by atoms with Crippen molar-refractivity contribution in [2.75, 3.05) is 46.8 Å². The number of hydrogen-bond acceptors (Lipinski definition) is 5. The van der Waals surface area contributed by atoms with Crippen molar-refractivity contribution in [1.29, 1.82) is 0 Å². The molecule has 30 heavy (non-hydrogen) atoms. The van der Waals surface area contributed by atoms with Gasteiger partial charge in [0.2, 0.25) is 10.0 Å². The first kappa shape index (κ1) is 23.7. The van der Waals surface area contributed by atoms with E-state index >= 15 is 0 Å². The molecule has 0 aromatic heterocycles. The molecule has 0 aliphatic carbocycles. The lowest BCUT2D eigenvalue weighted by molar-refractivity contribution is 0.172. The maximum atomic E-state index is 12.6. The average molecular weight is 435 g/mol. The standard InChI is InChI=1S/C21H30N4O4S/c1-22-21(24-18-10-7-11-19(15-18)29-14-8-13-28-4)23-16-17-9-5-6-12-20(17)30(26,27)25(2)3/h5-7,9-12,15H,8,13-14,16H2,1-4H3,(H2,22,23,24). The Bertz CT molecular complexity index is 946. The number of rotatable bonds is 10. The number of methoxy groups -OCH3 is 1. The second-order valence-electron chi connectivity index (χ2n) is 6.67. The van der Waals surface area contributed by atoms with Crippen LogP contribution in [0, 0.1) is 0 Å². The molecule has 8 nitrogen and oxygen atoms in total. The molecule has 0 atom stereocenters. The summed E-state index contributed by atoms with van der Waals surface area (Å²) in [5, 5.41) is 6.36. The van der Waals surface area contributed by atoms with E-state index in [1.165, 1.54) is 18.4 Å². The van der Waals surface area contributed by atoms with Gasteiger partial charge < -0.3 is 20.1 Å². The lowest BCUT2D eigenvalue weighted by atomic mass is 10.2. The van der Waals surface area contributed by atoms with Crippen LogP contribution >= 0.6 is 0 Å². The molecule has 0 fully saturated rings. The van der Waals surface area contributed by atoms with Crippen LogP contribution in [-0.2, 0) is 21.3 Å². The Morgan fingerprint density at radius 2 is 1.87 bits per heavy atom. The maximum Gasteiger partial charge on any atom is 0.242 e. The highest BCUT2D eigenvalue weighted by Crippen LogP contribution is 2.19. The molecule has 0 aliphatic heterocycles. The topological polar surface area (TPSA) is 92.3 Å². The molecule has 0 amide bonds. The van der Waals surface area contributed by atoms with Gasteiger partial charge in [-0.3, -0.25) is 4.99 Å². The van der Waals surface area contributed by atoms with E-state index in [0.717, 1.165) is 17.9 Å². The van der Waals surface area contributed by atoms with Crippen molar-refractivity contribution in [2.45, 2.75) is 17.9 Å². The monoisotopic (exact) mass is 434 g/mol. The number of benzene rings is 2. The summed E-state index contributed by atoms with van der Waals surface area (Å²) >= 11 is 0. The molecule has 0 bridgehead atoms. The first-order valence-corrected chi connectivity index (χ1v) is 11.0. The van der Waals surface area contributed by atoms with E-state index in [-0.39, 0.29) is 4.90 Å². The summed E-state index contributed by atoms with van der Waals surface area (Å²) in [5.41, 5.74) is 1.46. The van der Waals surface area contributed by atoms with Crippen LogP contribution in [0.5, 0.6) is 5.75 Å². The van der Waals surface area contributed by atoms with Gasteiger partial charge in [-0.15, -0.1) is 0 Å². The molecule has 0 heterocycles. The zero-order valence-corrected chi connectivity index (χ0v) is 18.7. The molecular weight excluding hydrogens is 404 g/mol. The summed E-state index contributed by atoms with van der Waals surface area (Å²) in [7, 11) is 2.82. The van der Waals surface area contributed by atoms with Gasteiger partial charge in [-0.2, -0.15) is 0 Å². The number of anilines is 1. The number of nitrogens with one attached hydrogen (secondary N) is 2. The van der Waals surface area contributed by atoms with E-state index in [1.807, 2.05) is 30.3 Å². The van der Waals surface area contributed by atoms with Crippen molar-refractivity contribution in [3.8, 4) is 5.75 Å². The zero-order valence-electron chi connectivity index (χ0n) is 17.9. The summed E-state index contributed by atoms with van der Waals surface area (Å²) in [6, 6.07) is 14.5. The van der Waals surface area contributed by atoms with Crippen LogP contribution < -0.4 is 15.4 Å². The van der Waals surface area contributed by atoms with Crippen LogP contribution in [0.3, 0.4) is 0 Å². The SMILES string of the molecule is CN=C(NCc1ccccc1S(=O)(=O)N(C)C)Nc1cccc(OCCCOC)c1. The second-order valence-corrected chi connectivity index (χ2v) is 8.79. The minimum Gasteiger partial charge on any atom is -0.493 e. The van der Waals surface area contributed by atoms with Crippen LogP contribution in [0.4, 0.5) is 5.69 Å². The van der Waals surface area contributed by atoms with Crippen molar-refractivity contribution in [3.63, 3.8) is 0 Å². The lowest BCUT2D eigenvalue weighted by Crippen LogP contribution is -2.31. The molecule has 2 aromatic carbocycles. The minimum absolute atomic E-state index is 0.268. The molecule has 9 heteroatoms. The Balaban J connectivity index is 2.03. The van der Waals surface area contributed by atoms with Gasteiger partial charge >= 0.3 is 0 Å². The molecule has 0 aliphatic rings. The second kappa shape index (κ2) is 11.5. The van der Waals surface area contributed by atoms with E-state index in [0.29, 0.717) is 31.3 Å². The summed E-state index contributed by atoms with van der Waals surface area (Å²) in [4.78, 5) is 4.49. The Morgan fingerprint density at radius 3 is 2.57 bits per heavy atom. The molecule has 2 aromatic rings. The normalized spacial score (nSPS) is 12.1. The van der Waals surface area contributed by atoms with E-state index < -0.39 is 10.0 Å². The maximum absolute atomic E-state index is 12.6. The van der Waals surface area contributed by atoms with Crippen molar-refractivity contribution < 1.29 is 17.9 Å². The van der Waals surface area contributed by atoms with Crippen LogP contribution in [-0.4, -0.2) is 60.1 Å². The highest BCUT2D eigenvalue weighted by Gasteiger charge is 2.20. The van der Waals surface area contributed by atoms with Gasteiger partial charge in [-0.25, -0.2) is 12.7 Å². The van der Waals surface area contributed by atoms with Gasteiger partial charge in [-0.05, 0) is 23.8 Å². The van der Waals surface area contributed by atoms with Gasteiger partial charge in [0.15, 0.2) is 5.96 Å². The molecule has 0 saturated carbocycles. The fourth-order valence-corrected chi connectivity index (χ4v) is 3.77. The van der Waals surface area contributed by atoms with Crippen LogP contribution in [0.25, 0.3) is 0 Å². The Morgan fingerprint density at radius 1 is 1.10 bits per heavy atom. The average Bonchev–Trinajstić information content (AvgIpc) is 2.74. The van der Waals surface area contributed by atoms with Gasteiger partial charge in [-0.1, -0.05) is 24.3 Å². The number of ether oxygens (including phenoxy) is 2. The van der Waals surface area contributed by atoms with Crippen molar-refractivity contribution >= 4 is 21.7 Å². The van der Waals surface area contributed by atoms with Crippen molar-refractivity contribution in [2.24, 2.45) is 4.99 Å². The van der Waals surface area contributed by atoms with E-state index in [9.17, 15) is 8.42 Å². The smallest absolute Gasteiger partial charge is 0.242 e. The Hall–Kier alpha value is -2.62. The first-order valence-electron chi connectivity index (χ1n) is 9.58. The van der Waals surface area contributed by atoms with Crippen molar-refractivity contribution in [1.82, 2.24) is 9.62 Å². The third-order valence-electron chi connectivity index (χ3n) is 4.26. The number of sulfonamides is 1. The first-order chi connectivity index (χ1) is 14.4. The number of nitrogens with zero attached hydrogens (tertiary/aromatic N) is 2. The molecule has 0 spiro atoms. The summed E-state index contributed by atoms with van der Waals surface area (Å²) < 4.78 is 37.0. The van der Waals surface area contributed by atoms with Gasteiger partial charge in [0.1, 0.15) is 5.75 Å². The van der Waals surface area contributed by atoms with E-state index in [1.54, 1.807) is 32.4 Å². The fraction of sp³-hybridized carbons (Fsp3) is 0.381. The molecule has 2 rings (SSSR count). The molecule has 0 unspecified atom stereocenters. The summed E-state index contributed by atoms with van der Waals surface area (Å²) in [6.45, 7) is 1.52. The molecule has 164 valence electrons. The quantitative estimate of drug-likeness (QED) is 0.339. The van der Waals surface area contributed by atoms with Crippen molar-refractivity contribution in [3.05, 3.63) is 54.1 Å². The third-order valence-corrected chi connectivity index (χ3v) is 6.17. The van der Waals surface area contributed by atoms with Crippen LogP contribution in [0.2, 0.25) is 0 Å². The van der Waals surface area contributed by atoms with Gasteiger partial charge in [0.25, 0.3) is 0 Å². The molecule has 2 N–H and O–H groups in total. The highest BCUT2D eigenvalue weighted by atomic mass is 32.2. The Labute approximate surface area is 179 Å². The van der Waals surface area contributed by atoms with Gasteiger partial charge in [0.05, 0.1) is 11.5 Å². The third kappa shape index (κ3) is 6.72. The van der Waals surface area contributed by atoms with E-state index in [4.69, 9.17) is 9.47 Å².